The zero-order valence-electron chi connectivity index (χ0n) is 17.1. The standard InChI is InChI=1S/C24H17ClN6O/c1-27-22-15-6-4-3-5-14(15)20(25)10-18(22)23-19(12-28-31(23)2)13-7-8-16-17(9-13)21(11-26)29-30-24(16)32/h3-10,12H,11,26H2,2H3,(H,30,32). The zero-order chi connectivity index (χ0) is 22.4. The van der Waals surface area contributed by atoms with Gasteiger partial charge in [-0.2, -0.15) is 10.2 Å². The van der Waals surface area contributed by atoms with Gasteiger partial charge in [-0.3, -0.25) is 9.48 Å². The second kappa shape index (κ2) is 7.61. The van der Waals surface area contributed by atoms with Crippen molar-refractivity contribution in [2.75, 3.05) is 0 Å². The molecule has 0 aliphatic rings. The Labute approximate surface area is 187 Å². The SMILES string of the molecule is [C-]#[N+]c1c(-c2c(-c3ccc4c(=O)[nH]nc(CN)c4c3)cnn2C)cc(Cl)c2ccccc12. The van der Waals surface area contributed by atoms with Crippen molar-refractivity contribution in [1.82, 2.24) is 20.0 Å². The Morgan fingerprint density at radius 1 is 1.09 bits per heavy atom. The van der Waals surface area contributed by atoms with E-state index in [0.29, 0.717) is 32.7 Å². The third-order valence-corrected chi connectivity index (χ3v) is 5.96. The highest BCUT2D eigenvalue weighted by Gasteiger charge is 2.20. The van der Waals surface area contributed by atoms with Crippen LogP contribution >= 0.6 is 11.6 Å². The third-order valence-electron chi connectivity index (χ3n) is 5.64. The molecule has 5 aromatic rings. The molecule has 156 valence electrons. The lowest BCUT2D eigenvalue weighted by atomic mass is 9.96. The lowest BCUT2D eigenvalue weighted by Gasteiger charge is -2.13. The van der Waals surface area contributed by atoms with Gasteiger partial charge in [-0.25, -0.2) is 9.94 Å². The van der Waals surface area contributed by atoms with Crippen molar-refractivity contribution >= 4 is 38.8 Å². The van der Waals surface area contributed by atoms with Gasteiger partial charge in [0.05, 0.1) is 29.5 Å². The normalized spacial score (nSPS) is 11.2. The van der Waals surface area contributed by atoms with Gasteiger partial charge in [0.2, 0.25) is 5.69 Å². The van der Waals surface area contributed by atoms with Crippen molar-refractivity contribution < 1.29 is 0 Å². The van der Waals surface area contributed by atoms with Crippen molar-refractivity contribution in [3.05, 3.63) is 87.2 Å². The van der Waals surface area contributed by atoms with Crippen LogP contribution in [0.25, 0.3) is 48.8 Å². The molecule has 0 aliphatic carbocycles. The number of nitrogens with zero attached hydrogens (tertiary/aromatic N) is 4. The van der Waals surface area contributed by atoms with Crippen LogP contribution in [0.3, 0.4) is 0 Å². The largest absolute Gasteiger partial charge is 0.325 e. The van der Waals surface area contributed by atoms with Crippen molar-refractivity contribution in [3.63, 3.8) is 0 Å². The number of benzene rings is 3. The molecular weight excluding hydrogens is 424 g/mol. The summed E-state index contributed by atoms with van der Waals surface area (Å²) in [6.45, 7) is 8.05. The number of hydrogen-bond donors (Lipinski definition) is 2. The average Bonchev–Trinajstić information content (AvgIpc) is 3.20. The van der Waals surface area contributed by atoms with Crippen molar-refractivity contribution in [2.24, 2.45) is 12.8 Å². The molecule has 7 nitrogen and oxygen atoms in total. The summed E-state index contributed by atoms with van der Waals surface area (Å²) in [5.74, 6) is 0. The third kappa shape index (κ3) is 2.97. The minimum atomic E-state index is -0.272. The maximum atomic E-state index is 12.2. The van der Waals surface area contributed by atoms with Crippen LogP contribution in [0.15, 0.2) is 59.5 Å². The fourth-order valence-electron chi connectivity index (χ4n) is 4.13. The van der Waals surface area contributed by atoms with Crippen LogP contribution in [0.4, 0.5) is 5.69 Å². The van der Waals surface area contributed by atoms with E-state index in [-0.39, 0.29) is 12.1 Å². The van der Waals surface area contributed by atoms with Crippen LogP contribution in [0.2, 0.25) is 5.02 Å². The second-order valence-electron chi connectivity index (χ2n) is 7.41. The number of halogens is 1. The van der Waals surface area contributed by atoms with Gasteiger partial charge in [-0.15, -0.1) is 0 Å². The molecule has 0 fully saturated rings. The maximum absolute atomic E-state index is 12.2. The topological polar surface area (TPSA) is 93.9 Å². The summed E-state index contributed by atoms with van der Waals surface area (Å²) in [5.41, 5.74) is 9.78. The number of nitrogens with one attached hydrogen (secondary N) is 1. The Morgan fingerprint density at radius 2 is 1.88 bits per heavy atom. The molecule has 5 rings (SSSR count). The van der Waals surface area contributed by atoms with E-state index in [4.69, 9.17) is 23.9 Å². The summed E-state index contributed by atoms with van der Waals surface area (Å²) in [5, 5.41) is 14.4. The molecule has 2 aromatic heterocycles. The molecule has 0 atom stereocenters. The van der Waals surface area contributed by atoms with Crippen LogP contribution in [0.5, 0.6) is 0 Å². The van der Waals surface area contributed by atoms with E-state index in [1.54, 1.807) is 16.9 Å². The summed E-state index contributed by atoms with van der Waals surface area (Å²) in [7, 11) is 1.83. The molecule has 3 aromatic carbocycles. The van der Waals surface area contributed by atoms with E-state index in [2.05, 4.69) is 20.1 Å². The number of fused-ring (bicyclic) bond motifs is 2. The number of aromatic nitrogens is 4. The molecule has 0 saturated heterocycles. The Hall–Kier alpha value is -3.99. The van der Waals surface area contributed by atoms with Gasteiger partial charge in [-0.1, -0.05) is 41.9 Å². The summed E-state index contributed by atoms with van der Waals surface area (Å²) in [6.07, 6.45) is 1.75. The highest BCUT2D eigenvalue weighted by atomic mass is 35.5. The maximum Gasteiger partial charge on any atom is 0.272 e. The highest BCUT2D eigenvalue weighted by molar-refractivity contribution is 6.36. The predicted molar refractivity (Wildman–Crippen MR) is 127 cm³/mol. The Bertz CT molecular complexity index is 1630. The molecule has 0 radical (unpaired) electrons. The van der Waals surface area contributed by atoms with Gasteiger partial charge in [0.1, 0.15) is 0 Å². The van der Waals surface area contributed by atoms with E-state index >= 15 is 0 Å². The van der Waals surface area contributed by atoms with Crippen LogP contribution in [0, 0.1) is 6.57 Å². The minimum Gasteiger partial charge on any atom is -0.325 e. The molecule has 0 saturated carbocycles. The van der Waals surface area contributed by atoms with Crippen LogP contribution < -0.4 is 11.3 Å². The predicted octanol–water partition coefficient (Wildman–Crippen LogP) is 4.81. The van der Waals surface area contributed by atoms with Gasteiger partial charge in [0.25, 0.3) is 5.56 Å². The first kappa shape index (κ1) is 19.9. The first-order valence-electron chi connectivity index (χ1n) is 9.86. The Balaban J connectivity index is 1.81. The molecule has 0 unspecified atom stereocenters. The molecule has 0 amide bonds. The van der Waals surface area contributed by atoms with Crippen LogP contribution in [-0.2, 0) is 13.6 Å². The van der Waals surface area contributed by atoms with E-state index in [1.807, 2.05) is 49.5 Å². The number of H-pyrrole nitrogens is 1. The van der Waals surface area contributed by atoms with Crippen molar-refractivity contribution in [2.45, 2.75) is 6.54 Å². The summed E-state index contributed by atoms with van der Waals surface area (Å²) in [4.78, 5) is 16.0. The quantitative estimate of drug-likeness (QED) is 0.394. The summed E-state index contributed by atoms with van der Waals surface area (Å²) >= 11 is 6.60. The summed E-state index contributed by atoms with van der Waals surface area (Å²) in [6, 6.07) is 14.9. The molecule has 0 spiro atoms. The average molecular weight is 441 g/mol. The van der Waals surface area contributed by atoms with Gasteiger partial charge in [0, 0.05) is 35.1 Å². The number of nitrogens with two attached hydrogens (primary N) is 1. The zero-order valence-corrected chi connectivity index (χ0v) is 17.8. The molecule has 2 heterocycles. The number of aryl methyl sites for hydroxylation is 1. The first-order valence-corrected chi connectivity index (χ1v) is 10.2. The smallest absolute Gasteiger partial charge is 0.272 e. The van der Waals surface area contributed by atoms with Gasteiger partial charge in [0.15, 0.2) is 0 Å². The lowest BCUT2D eigenvalue weighted by Crippen LogP contribution is -2.13. The molecule has 0 bridgehead atoms. The van der Waals surface area contributed by atoms with E-state index in [9.17, 15) is 4.79 Å². The number of hydrogen-bond acceptors (Lipinski definition) is 4. The van der Waals surface area contributed by atoms with Crippen LogP contribution in [-0.4, -0.2) is 20.0 Å². The molecule has 3 N–H and O–H groups in total. The second-order valence-corrected chi connectivity index (χ2v) is 7.81. The fourth-order valence-corrected chi connectivity index (χ4v) is 4.40. The molecule has 0 aliphatic heterocycles. The fraction of sp³-hybridized carbons (Fsp3) is 0.0833. The van der Waals surface area contributed by atoms with Gasteiger partial charge in [-0.05, 0) is 34.5 Å². The van der Waals surface area contributed by atoms with Crippen molar-refractivity contribution in [3.8, 4) is 22.4 Å². The molecule has 8 heteroatoms. The monoisotopic (exact) mass is 440 g/mol. The van der Waals surface area contributed by atoms with E-state index in [0.717, 1.165) is 27.6 Å². The first-order chi connectivity index (χ1) is 15.5. The van der Waals surface area contributed by atoms with E-state index < -0.39 is 0 Å². The van der Waals surface area contributed by atoms with E-state index in [1.165, 1.54) is 0 Å². The Morgan fingerprint density at radius 3 is 2.62 bits per heavy atom. The number of aromatic amines is 1. The number of rotatable bonds is 3. The van der Waals surface area contributed by atoms with Crippen molar-refractivity contribution in [1.29, 1.82) is 0 Å². The van der Waals surface area contributed by atoms with Gasteiger partial charge < -0.3 is 5.73 Å². The molecule has 32 heavy (non-hydrogen) atoms. The summed E-state index contributed by atoms with van der Waals surface area (Å²) < 4.78 is 1.73. The minimum absolute atomic E-state index is 0.193. The highest BCUT2D eigenvalue weighted by Crippen LogP contribution is 2.44. The van der Waals surface area contributed by atoms with Gasteiger partial charge >= 0.3 is 0 Å². The lowest BCUT2D eigenvalue weighted by molar-refractivity contribution is 0.776. The van der Waals surface area contributed by atoms with Crippen LogP contribution in [0.1, 0.15) is 5.69 Å². The Kier molecular flexibility index (Phi) is 4.74. The molecular formula is C24H17ClN6O.